The van der Waals surface area contributed by atoms with Crippen LogP contribution in [0.5, 0.6) is 0 Å². The number of hydrogen-bond donors (Lipinski definition) is 1. The molecule has 1 fully saturated rings. The smallest absolute Gasteiger partial charge is 0.270 e. The van der Waals surface area contributed by atoms with Crippen LogP contribution in [0.15, 0.2) is 18.2 Å². The molecule has 7 heteroatoms. The predicted molar refractivity (Wildman–Crippen MR) is 75.1 cm³/mol. The Morgan fingerprint density at radius 1 is 1.52 bits per heavy atom. The number of carbonyl (C=O) groups excluding carboxylic acids is 1. The first-order valence-corrected chi connectivity index (χ1v) is 6.63. The van der Waals surface area contributed by atoms with Crippen LogP contribution in [-0.4, -0.2) is 35.9 Å². The number of benzene rings is 1. The summed E-state index contributed by atoms with van der Waals surface area (Å²) in [5.74, 6) is -0.999. The molecule has 0 saturated carbocycles. The van der Waals surface area contributed by atoms with E-state index in [9.17, 15) is 14.9 Å². The van der Waals surface area contributed by atoms with Gasteiger partial charge in [0.25, 0.3) is 11.6 Å². The van der Waals surface area contributed by atoms with Crippen molar-refractivity contribution < 1.29 is 19.2 Å². The molecule has 1 aromatic rings. The number of carbonyl (C=O) groups is 1. The maximum Gasteiger partial charge on any atom is 0.270 e. The second kappa shape index (κ2) is 5.79. The Morgan fingerprint density at radius 2 is 2.24 bits per heavy atom. The quantitative estimate of drug-likeness (QED) is 0.675. The first kappa shape index (κ1) is 15.4. The van der Waals surface area contributed by atoms with Crippen LogP contribution in [0.2, 0.25) is 0 Å². The third kappa shape index (κ3) is 3.77. The number of aryl methyl sites for hydroxylation is 1. The van der Waals surface area contributed by atoms with Gasteiger partial charge in [-0.3, -0.25) is 14.9 Å². The molecule has 1 aliphatic heterocycles. The van der Waals surface area contributed by atoms with Crippen LogP contribution in [0, 0.1) is 17.0 Å². The van der Waals surface area contributed by atoms with E-state index in [0.717, 1.165) is 0 Å². The number of nitro groups is 1. The number of nitrogens with zero attached hydrogens (tertiary/aromatic N) is 1. The van der Waals surface area contributed by atoms with Gasteiger partial charge >= 0.3 is 0 Å². The van der Waals surface area contributed by atoms with Crippen molar-refractivity contribution in [2.75, 3.05) is 13.2 Å². The fourth-order valence-corrected chi connectivity index (χ4v) is 2.13. The Morgan fingerprint density at radius 3 is 2.81 bits per heavy atom. The molecule has 1 heterocycles. The van der Waals surface area contributed by atoms with Gasteiger partial charge in [0.15, 0.2) is 5.79 Å². The Kier molecular flexibility index (Phi) is 4.24. The molecule has 0 spiro atoms. The Bertz CT molecular complexity index is 570. The molecular weight excluding hydrogens is 276 g/mol. The number of nitro benzene ring substituents is 1. The number of ether oxygens (including phenoxy) is 2. The van der Waals surface area contributed by atoms with Crippen molar-refractivity contribution in [2.24, 2.45) is 0 Å². The summed E-state index contributed by atoms with van der Waals surface area (Å²) in [7, 11) is 0. The first-order valence-electron chi connectivity index (χ1n) is 6.63. The van der Waals surface area contributed by atoms with Gasteiger partial charge in [-0.2, -0.15) is 0 Å². The Balaban J connectivity index is 2.00. The van der Waals surface area contributed by atoms with E-state index in [4.69, 9.17) is 9.47 Å². The van der Waals surface area contributed by atoms with Gasteiger partial charge in [-0.25, -0.2) is 0 Å². The molecule has 0 aromatic heterocycles. The topological polar surface area (TPSA) is 90.7 Å². The van der Waals surface area contributed by atoms with Gasteiger partial charge in [0.05, 0.1) is 11.5 Å². The molecule has 1 saturated heterocycles. The molecule has 114 valence electrons. The molecule has 0 bridgehead atoms. The zero-order valence-electron chi connectivity index (χ0n) is 12.2. The molecule has 2 rings (SSSR count). The highest BCUT2D eigenvalue weighted by molar-refractivity contribution is 5.96. The van der Waals surface area contributed by atoms with Crippen molar-refractivity contribution in [3.63, 3.8) is 0 Å². The lowest BCUT2D eigenvalue weighted by Crippen LogP contribution is -2.34. The third-order valence-corrected chi connectivity index (χ3v) is 3.23. The van der Waals surface area contributed by atoms with Gasteiger partial charge in [-0.15, -0.1) is 0 Å². The van der Waals surface area contributed by atoms with Crippen LogP contribution in [0.25, 0.3) is 0 Å². The van der Waals surface area contributed by atoms with Gasteiger partial charge < -0.3 is 14.8 Å². The minimum Gasteiger partial charge on any atom is -0.349 e. The summed E-state index contributed by atoms with van der Waals surface area (Å²) >= 11 is 0. The summed E-state index contributed by atoms with van der Waals surface area (Å²) in [6.45, 7) is 6.04. The highest BCUT2D eigenvalue weighted by atomic mass is 16.7. The van der Waals surface area contributed by atoms with E-state index >= 15 is 0 Å². The number of amides is 1. The second-order valence-electron chi connectivity index (χ2n) is 5.42. The summed E-state index contributed by atoms with van der Waals surface area (Å²) in [6.07, 6.45) is -0.219. The van der Waals surface area contributed by atoms with Gasteiger partial charge in [0.1, 0.15) is 6.10 Å². The van der Waals surface area contributed by atoms with Crippen molar-refractivity contribution in [1.29, 1.82) is 0 Å². The van der Waals surface area contributed by atoms with E-state index < -0.39 is 10.7 Å². The van der Waals surface area contributed by atoms with Crippen molar-refractivity contribution in [3.8, 4) is 0 Å². The zero-order chi connectivity index (χ0) is 15.6. The number of rotatable bonds is 4. The maximum atomic E-state index is 12.1. The van der Waals surface area contributed by atoms with Crippen LogP contribution in [-0.2, 0) is 9.47 Å². The molecule has 1 aromatic carbocycles. The second-order valence-corrected chi connectivity index (χ2v) is 5.42. The molecule has 7 nitrogen and oxygen atoms in total. The zero-order valence-corrected chi connectivity index (χ0v) is 12.2. The van der Waals surface area contributed by atoms with Crippen LogP contribution >= 0.6 is 0 Å². The lowest BCUT2D eigenvalue weighted by molar-refractivity contribution is -0.384. The normalized spacial score (nSPS) is 20.2. The SMILES string of the molecule is Cc1ccc([N+](=O)[O-])cc1C(=O)NCC1COC(C)(C)O1. The van der Waals surface area contributed by atoms with Gasteiger partial charge in [0, 0.05) is 24.2 Å². The largest absolute Gasteiger partial charge is 0.349 e. The fraction of sp³-hybridized carbons (Fsp3) is 0.500. The van der Waals surface area contributed by atoms with E-state index in [1.54, 1.807) is 26.8 Å². The predicted octanol–water partition coefficient (Wildman–Crippen LogP) is 1.78. The van der Waals surface area contributed by atoms with Crippen molar-refractivity contribution in [2.45, 2.75) is 32.7 Å². The average Bonchev–Trinajstić information content (AvgIpc) is 2.76. The standard InChI is InChI=1S/C14H18N2O5/c1-9-4-5-10(16(18)19)6-12(9)13(17)15-7-11-8-20-14(2,3)21-11/h4-6,11H,7-8H2,1-3H3,(H,15,17). The van der Waals surface area contributed by atoms with Gasteiger partial charge in [0.2, 0.25) is 0 Å². The molecule has 1 unspecified atom stereocenters. The van der Waals surface area contributed by atoms with E-state index in [1.807, 2.05) is 0 Å². The highest BCUT2D eigenvalue weighted by Gasteiger charge is 2.32. The van der Waals surface area contributed by atoms with Crippen molar-refractivity contribution in [1.82, 2.24) is 5.32 Å². The Hall–Kier alpha value is -1.99. The number of hydrogen-bond acceptors (Lipinski definition) is 5. The lowest BCUT2D eigenvalue weighted by atomic mass is 10.1. The minimum absolute atomic E-state index is 0.104. The average molecular weight is 294 g/mol. The number of nitrogens with one attached hydrogen (secondary N) is 1. The first-order chi connectivity index (χ1) is 9.78. The summed E-state index contributed by atoms with van der Waals surface area (Å²) < 4.78 is 11.0. The van der Waals surface area contributed by atoms with Gasteiger partial charge in [-0.05, 0) is 26.3 Å². The third-order valence-electron chi connectivity index (χ3n) is 3.23. The maximum absolute atomic E-state index is 12.1. The van der Waals surface area contributed by atoms with E-state index in [2.05, 4.69) is 5.32 Å². The highest BCUT2D eigenvalue weighted by Crippen LogP contribution is 2.22. The molecule has 0 radical (unpaired) electrons. The Labute approximate surface area is 122 Å². The molecule has 1 atom stereocenters. The molecule has 21 heavy (non-hydrogen) atoms. The molecular formula is C14H18N2O5. The molecule has 0 aliphatic carbocycles. The summed E-state index contributed by atoms with van der Waals surface area (Å²) in [6, 6.07) is 4.22. The molecule has 1 amide bonds. The van der Waals surface area contributed by atoms with Crippen LogP contribution < -0.4 is 5.32 Å². The van der Waals surface area contributed by atoms with Crippen molar-refractivity contribution >= 4 is 11.6 Å². The summed E-state index contributed by atoms with van der Waals surface area (Å²) in [5.41, 5.74) is 0.872. The van der Waals surface area contributed by atoms with E-state index in [0.29, 0.717) is 24.3 Å². The van der Waals surface area contributed by atoms with Crippen molar-refractivity contribution in [3.05, 3.63) is 39.4 Å². The van der Waals surface area contributed by atoms with Gasteiger partial charge in [-0.1, -0.05) is 6.07 Å². The fourth-order valence-electron chi connectivity index (χ4n) is 2.13. The summed E-state index contributed by atoms with van der Waals surface area (Å²) in [4.78, 5) is 22.4. The van der Waals surface area contributed by atoms with E-state index in [-0.39, 0.29) is 17.7 Å². The molecule has 1 N–H and O–H groups in total. The minimum atomic E-state index is -0.642. The van der Waals surface area contributed by atoms with E-state index in [1.165, 1.54) is 12.1 Å². The van der Waals surface area contributed by atoms with Crippen LogP contribution in [0.3, 0.4) is 0 Å². The van der Waals surface area contributed by atoms with Crippen LogP contribution in [0.4, 0.5) is 5.69 Å². The molecule has 1 aliphatic rings. The summed E-state index contributed by atoms with van der Waals surface area (Å²) in [5, 5.41) is 13.5. The van der Waals surface area contributed by atoms with Crippen LogP contribution in [0.1, 0.15) is 29.8 Å². The monoisotopic (exact) mass is 294 g/mol. The lowest BCUT2D eigenvalue weighted by Gasteiger charge is -2.17. The number of non-ortho nitro benzene ring substituents is 1.